The Labute approximate surface area is 159 Å². The van der Waals surface area contributed by atoms with E-state index in [1.54, 1.807) is 0 Å². The topological polar surface area (TPSA) is 149 Å². The van der Waals surface area contributed by atoms with Gasteiger partial charge in [0.05, 0.1) is 6.61 Å². The van der Waals surface area contributed by atoms with Crippen LogP contribution in [0, 0.1) is 12.7 Å². The molecule has 0 unspecified atom stereocenters. The van der Waals surface area contributed by atoms with Crippen molar-refractivity contribution in [1.29, 1.82) is 0 Å². The Morgan fingerprint density at radius 1 is 1.21 bits per heavy atom. The van der Waals surface area contributed by atoms with E-state index in [0.29, 0.717) is 5.69 Å². The molecule has 0 spiro atoms. The van der Waals surface area contributed by atoms with Crippen molar-refractivity contribution < 1.29 is 43.6 Å². The summed E-state index contributed by atoms with van der Waals surface area (Å²) < 4.78 is 22.9. The van der Waals surface area contributed by atoms with Crippen molar-refractivity contribution in [3.8, 4) is 0 Å². The smallest absolute Gasteiger partial charge is 0.342 e. The van der Waals surface area contributed by atoms with Crippen LogP contribution >= 0.6 is 0 Å². The molecule has 1 aromatic heterocycles. The molecule has 0 aliphatic rings. The van der Waals surface area contributed by atoms with E-state index in [4.69, 9.17) is 14.3 Å². The summed E-state index contributed by atoms with van der Waals surface area (Å²) in [5.41, 5.74) is 0.234. The summed E-state index contributed by atoms with van der Waals surface area (Å²) in [6.45, 7) is 0.000797. The number of carbonyl (C=O) groups is 2. The number of esters is 1. The second-order valence-corrected chi connectivity index (χ2v) is 5.94. The first kappa shape index (κ1) is 21.5. The first-order chi connectivity index (χ1) is 13.2. The summed E-state index contributed by atoms with van der Waals surface area (Å²) in [5.74, 6) is -2.19. The Balaban J connectivity index is 1.96. The number of hydrogen-bond acceptors (Lipinski definition) is 8. The summed E-state index contributed by atoms with van der Waals surface area (Å²) in [6, 6.07) is 6.11. The lowest BCUT2D eigenvalue weighted by Crippen LogP contribution is -2.34. The number of aliphatic hydroxyl groups excluding tert-OH is 4. The largest absolute Gasteiger partial charge is 0.463 e. The van der Waals surface area contributed by atoms with Gasteiger partial charge in [-0.1, -0.05) is 0 Å². The minimum atomic E-state index is -1.74. The lowest BCUT2D eigenvalue weighted by Gasteiger charge is -2.19. The van der Waals surface area contributed by atoms with Gasteiger partial charge in [0.2, 0.25) is 0 Å². The van der Waals surface area contributed by atoms with Gasteiger partial charge in [-0.05, 0) is 37.3 Å². The third-order valence-electron chi connectivity index (χ3n) is 3.82. The molecule has 2 aromatic rings. The number of aliphatic hydroxyl groups is 4. The summed E-state index contributed by atoms with van der Waals surface area (Å²) in [5, 5.41) is 40.2. The van der Waals surface area contributed by atoms with Crippen LogP contribution in [0.1, 0.15) is 28.0 Å². The summed E-state index contributed by atoms with van der Waals surface area (Å²) in [6.07, 6.45) is -5.03. The van der Waals surface area contributed by atoms with E-state index in [1.807, 2.05) is 0 Å². The molecule has 10 heteroatoms. The number of hydrogen-bond donors (Lipinski definition) is 5. The van der Waals surface area contributed by atoms with Crippen LogP contribution in [-0.2, 0) is 9.53 Å². The van der Waals surface area contributed by atoms with E-state index >= 15 is 0 Å². The Morgan fingerprint density at radius 2 is 1.86 bits per heavy atom. The van der Waals surface area contributed by atoms with Gasteiger partial charge in [0, 0.05) is 5.69 Å². The van der Waals surface area contributed by atoms with Crippen molar-refractivity contribution in [2.24, 2.45) is 0 Å². The van der Waals surface area contributed by atoms with E-state index in [0.717, 1.165) is 18.2 Å². The fraction of sp³-hybridized carbons (Fsp3) is 0.333. The van der Waals surface area contributed by atoms with Crippen LogP contribution in [0.25, 0.3) is 0 Å². The van der Waals surface area contributed by atoms with Crippen molar-refractivity contribution in [1.82, 2.24) is 0 Å². The highest BCUT2D eigenvalue weighted by Crippen LogP contribution is 2.25. The lowest BCUT2D eigenvalue weighted by molar-refractivity contribution is -0.119. The van der Waals surface area contributed by atoms with Crippen LogP contribution in [0.3, 0.4) is 0 Å². The minimum absolute atomic E-state index is 0.0590. The molecular formula is C18H20FNO8. The Hall–Kier alpha value is -2.79. The molecule has 0 bridgehead atoms. The van der Waals surface area contributed by atoms with Crippen molar-refractivity contribution in [3.05, 3.63) is 53.2 Å². The highest BCUT2D eigenvalue weighted by Gasteiger charge is 2.30. The van der Waals surface area contributed by atoms with Gasteiger partial charge in [0.25, 0.3) is 5.91 Å². The molecule has 1 heterocycles. The molecular weight excluding hydrogens is 377 g/mol. The SMILES string of the molecule is Cc1oc([C@H](O)[C@@H](O)[C@@H](O)CO)cc1C(=O)OCC(=O)Nc1ccc(F)cc1. The van der Waals surface area contributed by atoms with E-state index in [2.05, 4.69) is 5.32 Å². The number of anilines is 1. The van der Waals surface area contributed by atoms with Gasteiger partial charge >= 0.3 is 5.97 Å². The predicted molar refractivity (Wildman–Crippen MR) is 92.8 cm³/mol. The van der Waals surface area contributed by atoms with Crippen molar-refractivity contribution in [2.75, 3.05) is 18.5 Å². The summed E-state index contributed by atoms with van der Waals surface area (Å²) in [7, 11) is 0. The zero-order chi connectivity index (χ0) is 20.8. The monoisotopic (exact) mass is 397 g/mol. The molecule has 0 saturated heterocycles. The molecule has 5 N–H and O–H groups in total. The van der Waals surface area contributed by atoms with E-state index < -0.39 is 49.2 Å². The second-order valence-electron chi connectivity index (χ2n) is 5.94. The normalized spacial score (nSPS) is 14.2. The molecule has 0 fully saturated rings. The Morgan fingerprint density at radius 3 is 2.46 bits per heavy atom. The molecule has 2 rings (SSSR count). The van der Waals surface area contributed by atoms with Gasteiger partial charge in [0.1, 0.15) is 41.2 Å². The van der Waals surface area contributed by atoms with E-state index in [9.17, 15) is 29.3 Å². The van der Waals surface area contributed by atoms with Crippen LogP contribution in [0.5, 0.6) is 0 Å². The van der Waals surface area contributed by atoms with Crippen LogP contribution < -0.4 is 5.32 Å². The van der Waals surface area contributed by atoms with Crippen molar-refractivity contribution in [2.45, 2.75) is 25.2 Å². The first-order valence-electron chi connectivity index (χ1n) is 8.20. The maximum Gasteiger partial charge on any atom is 0.342 e. The standard InChI is InChI=1S/C18H20FNO8/c1-9-12(6-14(28-9)17(25)16(24)13(22)7-21)18(26)27-8-15(23)20-11-4-2-10(19)3-5-11/h2-6,13,16-17,21-22,24-25H,7-8H2,1H3,(H,20,23)/t13-,16-,17-/m0/s1. The number of aryl methyl sites for hydroxylation is 1. The second kappa shape index (κ2) is 9.42. The molecule has 28 heavy (non-hydrogen) atoms. The van der Waals surface area contributed by atoms with Crippen LogP contribution in [0.15, 0.2) is 34.7 Å². The highest BCUT2D eigenvalue weighted by molar-refractivity contribution is 5.95. The molecule has 1 aromatic carbocycles. The number of halogens is 1. The average Bonchev–Trinajstić information content (AvgIpc) is 3.07. The van der Waals surface area contributed by atoms with Gasteiger partial charge in [0.15, 0.2) is 6.61 Å². The fourth-order valence-electron chi connectivity index (χ4n) is 2.28. The summed E-state index contributed by atoms with van der Waals surface area (Å²) >= 11 is 0. The molecule has 9 nitrogen and oxygen atoms in total. The first-order valence-corrected chi connectivity index (χ1v) is 8.20. The lowest BCUT2D eigenvalue weighted by atomic mass is 10.1. The molecule has 0 aliphatic heterocycles. The van der Waals surface area contributed by atoms with E-state index in [1.165, 1.54) is 19.1 Å². The number of rotatable bonds is 8. The number of benzene rings is 1. The number of nitrogens with one attached hydrogen (secondary N) is 1. The third kappa shape index (κ3) is 5.36. The Bertz CT molecular complexity index is 819. The zero-order valence-electron chi connectivity index (χ0n) is 14.8. The maximum atomic E-state index is 12.8. The number of carbonyl (C=O) groups excluding carboxylic acids is 2. The van der Waals surface area contributed by atoms with Crippen LogP contribution in [-0.4, -0.2) is 57.7 Å². The van der Waals surface area contributed by atoms with Gasteiger partial charge in [-0.3, -0.25) is 4.79 Å². The maximum absolute atomic E-state index is 12.8. The predicted octanol–water partition coefficient (Wildman–Crippen LogP) is 0.270. The fourth-order valence-corrected chi connectivity index (χ4v) is 2.28. The minimum Gasteiger partial charge on any atom is -0.463 e. The van der Waals surface area contributed by atoms with E-state index in [-0.39, 0.29) is 17.1 Å². The van der Waals surface area contributed by atoms with Gasteiger partial charge in [-0.25, -0.2) is 9.18 Å². The molecule has 0 saturated carbocycles. The number of amides is 1. The molecule has 152 valence electrons. The van der Waals surface area contributed by atoms with Crippen molar-refractivity contribution >= 4 is 17.6 Å². The molecule has 1 amide bonds. The van der Waals surface area contributed by atoms with Gasteiger partial charge < -0.3 is 34.9 Å². The molecule has 3 atom stereocenters. The van der Waals surface area contributed by atoms with Gasteiger partial charge in [-0.15, -0.1) is 0 Å². The average molecular weight is 397 g/mol. The molecule has 0 aliphatic carbocycles. The zero-order valence-corrected chi connectivity index (χ0v) is 14.8. The third-order valence-corrected chi connectivity index (χ3v) is 3.82. The number of furan rings is 1. The summed E-state index contributed by atoms with van der Waals surface area (Å²) in [4.78, 5) is 23.9. The Kier molecular flexibility index (Phi) is 7.24. The van der Waals surface area contributed by atoms with Gasteiger partial charge in [-0.2, -0.15) is 0 Å². The van der Waals surface area contributed by atoms with Crippen LogP contribution in [0.4, 0.5) is 10.1 Å². The van der Waals surface area contributed by atoms with Crippen LogP contribution in [0.2, 0.25) is 0 Å². The molecule has 0 radical (unpaired) electrons. The quantitative estimate of drug-likeness (QED) is 0.399. The van der Waals surface area contributed by atoms with Crippen molar-refractivity contribution in [3.63, 3.8) is 0 Å². The number of ether oxygens (including phenoxy) is 1. The highest BCUT2D eigenvalue weighted by atomic mass is 19.1.